The summed E-state index contributed by atoms with van der Waals surface area (Å²) in [5, 5.41) is 0. The van der Waals surface area contributed by atoms with Crippen LogP contribution in [0.3, 0.4) is 0 Å². The first kappa shape index (κ1) is 12.6. The number of para-hydroxylation sites is 1. The van der Waals surface area contributed by atoms with E-state index < -0.39 is 23.8 Å². The Morgan fingerprint density at radius 1 is 1.33 bits per heavy atom. The zero-order valence-corrected chi connectivity index (χ0v) is 9.49. The van der Waals surface area contributed by atoms with E-state index in [0.29, 0.717) is 11.3 Å². The van der Waals surface area contributed by atoms with Crippen molar-refractivity contribution in [1.29, 1.82) is 0 Å². The molecule has 1 amide bonds. The number of carbonyl (C=O) groups is 2. The molecule has 0 N–H and O–H groups in total. The van der Waals surface area contributed by atoms with E-state index in [-0.39, 0.29) is 6.42 Å². The number of alkyl halides is 3. The van der Waals surface area contributed by atoms with Gasteiger partial charge in [0, 0.05) is 12.7 Å². The molecule has 1 atom stereocenters. The van der Waals surface area contributed by atoms with Gasteiger partial charge in [-0.15, -0.1) is 0 Å². The predicted octanol–water partition coefficient (Wildman–Crippen LogP) is 1.95. The van der Waals surface area contributed by atoms with Gasteiger partial charge in [0.25, 0.3) is 0 Å². The van der Waals surface area contributed by atoms with E-state index in [2.05, 4.69) is 0 Å². The van der Waals surface area contributed by atoms with Crippen LogP contribution >= 0.6 is 0 Å². The molecule has 0 saturated heterocycles. The first-order valence-electron chi connectivity index (χ1n) is 5.29. The quantitative estimate of drug-likeness (QED) is 0.721. The summed E-state index contributed by atoms with van der Waals surface area (Å²) < 4.78 is 37.2. The van der Waals surface area contributed by atoms with Crippen LogP contribution < -0.4 is 4.90 Å². The molecule has 0 aromatic heterocycles. The molecule has 0 aliphatic carbocycles. The molecule has 3 nitrogen and oxygen atoms in total. The molecular weight excluding hydrogens is 247 g/mol. The van der Waals surface area contributed by atoms with Crippen LogP contribution in [-0.4, -0.2) is 24.9 Å². The van der Waals surface area contributed by atoms with Gasteiger partial charge in [-0.25, -0.2) is 0 Å². The summed E-state index contributed by atoms with van der Waals surface area (Å²) in [6.45, 7) is 0. The average molecular weight is 257 g/mol. The minimum Gasteiger partial charge on any atom is -0.315 e. The molecule has 6 heteroatoms. The molecule has 0 saturated carbocycles. The van der Waals surface area contributed by atoms with Gasteiger partial charge in [-0.2, -0.15) is 13.2 Å². The Labute approximate surface area is 101 Å². The van der Waals surface area contributed by atoms with Crippen LogP contribution in [0.2, 0.25) is 0 Å². The maximum absolute atomic E-state index is 12.4. The zero-order valence-electron chi connectivity index (χ0n) is 9.49. The van der Waals surface area contributed by atoms with Crippen LogP contribution in [0, 0.1) is 5.92 Å². The van der Waals surface area contributed by atoms with E-state index in [0.717, 1.165) is 4.90 Å². The van der Waals surface area contributed by atoms with E-state index in [9.17, 15) is 22.8 Å². The maximum Gasteiger partial charge on any atom is 0.450 e. The molecule has 1 aliphatic heterocycles. The SMILES string of the molecule is CN1C(=O)C(C(=O)C(F)(F)F)Cc2ccccc21. The Hall–Kier alpha value is -1.85. The smallest absolute Gasteiger partial charge is 0.315 e. The number of rotatable bonds is 1. The number of hydrogen-bond acceptors (Lipinski definition) is 2. The molecular formula is C12H10F3NO2. The Kier molecular flexibility index (Phi) is 2.88. The summed E-state index contributed by atoms with van der Waals surface area (Å²) in [6, 6.07) is 6.61. The fourth-order valence-electron chi connectivity index (χ4n) is 2.07. The maximum atomic E-state index is 12.4. The highest BCUT2D eigenvalue weighted by atomic mass is 19.4. The minimum atomic E-state index is -4.98. The van der Waals surface area contributed by atoms with Crippen molar-refractivity contribution in [2.45, 2.75) is 12.6 Å². The van der Waals surface area contributed by atoms with E-state index >= 15 is 0 Å². The molecule has 96 valence electrons. The number of amides is 1. The van der Waals surface area contributed by atoms with Gasteiger partial charge in [0.1, 0.15) is 5.92 Å². The number of ketones is 1. The van der Waals surface area contributed by atoms with Gasteiger partial charge in [0.15, 0.2) is 0 Å². The van der Waals surface area contributed by atoms with Gasteiger partial charge in [0.2, 0.25) is 11.7 Å². The summed E-state index contributed by atoms with van der Waals surface area (Å²) in [5.41, 5.74) is 1.12. The fraction of sp³-hybridized carbons (Fsp3) is 0.333. The summed E-state index contributed by atoms with van der Waals surface area (Å²) in [7, 11) is 1.37. The van der Waals surface area contributed by atoms with E-state index in [4.69, 9.17) is 0 Å². The van der Waals surface area contributed by atoms with Gasteiger partial charge >= 0.3 is 6.18 Å². The lowest BCUT2D eigenvalue weighted by Gasteiger charge is -2.30. The van der Waals surface area contributed by atoms with Crippen molar-refractivity contribution < 1.29 is 22.8 Å². The molecule has 1 aliphatic rings. The Morgan fingerprint density at radius 3 is 2.56 bits per heavy atom. The highest BCUT2D eigenvalue weighted by Crippen LogP contribution is 2.33. The first-order valence-corrected chi connectivity index (χ1v) is 5.29. The topological polar surface area (TPSA) is 37.4 Å². The molecule has 0 radical (unpaired) electrons. The van der Waals surface area contributed by atoms with Gasteiger partial charge in [-0.3, -0.25) is 9.59 Å². The highest BCUT2D eigenvalue weighted by molar-refractivity contribution is 6.11. The normalized spacial score (nSPS) is 19.7. The van der Waals surface area contributed by atoms with E-state index in [1.54, 1.807) is 24.3 Å². The van der Waals surface area contributed by atoms with Crippen molar-refractivity contribution in [1.82, 2.24) is 0 Å². The Bertz CT molecular complexity index is 510. The molecule has 2 rings (SSSR count). The number of nitrogens with zero attached hydrogens (tertiary/aromatic N) is 1. The molecule has 1 heterocycles. The monoisotopic (exact) mass is 257 g/mol. The lowest BCUT2D eigenvalue weighted by atomic mass is 9.88. The number of fused-ring (bicyclic) bond motifs is 1. The third-order valence-electron chi connectivity index (χ3n) is 3.00. The molecule has 0 bridgehead atoms. The molecule has 0 fully saturated rings. The van der Waals surface area contributed by atoms with Crippen molar-refractivity contribution in [2.24, 2.45) is 5.92 Å². The van der Waals surface area contributed by atoms with E-state index in [1.807, 2.05) is 0 Å². The molecule has 1 aromatic rings. The largest absolute Gasteiger partial charge is 0.450 e. The van der Waals surface area contributed by atoms with Crippen molar-refractivity contribution in [2.75, 3.05) is 11.9 Å². The van der Waals surface area contributed by atoms with Gasteiger partial charge in [-0.05, 0) is 18.1 Å². The van der Waals surface area contributed by atoms with Crippen LogP contribution in [0.15, 0.2) is 24.3 Å². The van der Waals surface area contributed by atoms with Crippen molar-refractivity contribution >= 4 is 17.4 Å². The van der Waals surface area contributed by atoms with Crippen LogP contribution in [0.25, 0.3) is 0 Å². The van der Waals surface area contributed by atoms with Crippen LogP contribution in [0.5, 0.6) is 0 Å². The van der Waals surface area contributed by atoms with Crippen LogP contribution in [0.1, 0.15) is 5.56 Å². The van der Waals surface area contributed by atoms with Gasteiger partial charge < -0.3 is 4.90 Å². The van der Waals surface area contributed by atoms with Crippen LogP contribution in [-0.2, 0) is 16.0 Å². The number of Topliss-reactive ketones (excluding diaryl/α,β-unsaturated/α-hetero) is 1. The summed E-state index contributed by atoms with van der Waals surface area (Å²) in [5.74, 6) is -4.45. The standard InChI is InChI=1S/C12H10F3NO2/c1-16-9-5-3-2-4-7(9)6-8(11(16)18)10(17)12(13,14)15/h2-5,8H,6H2,1H3. The van der Waals surface area contributed by atoms with Gasteiger partial charge in [-0.1, -0.05) is 18.2 Å². The average Bonchev–Trinajstić information content (AvgIpc) is 2.32. The molecule has 1 unspecified atom stereocenters. The van der Waals surface area contributed by atoms with Gasteiger partial charge in [0.05, 0.1) is 0 Å². The highest BCUT2D eigenvalue weighted by Gasteiger charge is 2.48. The second kappa shape index (κ2) is 4.12. The number of anilines is 1. The second-order valence-electron chi connectivity index (χ2n) is 4.14. The van der Waals surface area contributed by atoms with Crippen molar-refractivity contribution in [3.63, 3.8) is 0 Å². The third-order valence-corrected chi connectivity index (χ3v) is 3.00. The lowest BCUT2D eigenvalue weighted by molar-refractivity contribution is -0.176. The number of benzene rings is 1. The zero-order chi connectivity index (χ0) is 13.5. The molecule has 18 heavy (non-hydrogen) atoms. The number of carbonyl (C=O) groups excluding carboxylic acids is 2. The number of hydrogen-bond donors (Lipinski definition) is 0. The lowest BCUT2D eigenvalue weighted by Crippen LogP contribution is -2.46. The van der Waals surface area contributed by atoms with Crippen LogP contribution in [0.4, 0.5) is 18.9 Å². The third kappa shape index (κ3) is 1.98. The summed E-state index contributed by atoms with van der Waals surface area (Å²) >= 11 is 0. The summed E-state index contributed by atoms with van der Waals surface area (Å²) in [4.78, 5) is 24.1. The fourth-order valence-corrected chi connectivity index (χ4v) is 2.07. The molecule has 0 spiro atoms. The second-order valence-corrected chi connectivity index (χ2v) is 4.14. The minimum absolute atomic E-state index is 0.197. The van der Waals surface area contributed by atoms with Crippen molar-refractivity contribution in [3.05, 3.63) is 29.8 Å². The first-order chi connectivity index (χ1) is 8.32. The number of halogens is 3. The predicted molar refractivity (Wildman–Crippen MR) is 58.1 cm³/mol. The van der Waals surface area contributed by atoms with E-state index in [1.165, 1.54) is 7.05 Å². The summed E-state index contributed by atoms with van der Waals surface area (Å²) in [6.07, 6.45) is -5.18. The van der Waals surface area contributed by atoms with Crippen molar-refractivity contribution in [3.8, 4) is 0 Å². The Morgan fingerprint density at radius 2 is 1.94 bits per heavy atom. The Balaban J connectivity index is 2.39. The molecule has 1 aromatic carbocycles.